The smallest absolute Gasteiger partial charge is 0.225 e. The second kappa shape index (κ2) is 8.63. The molecule has 19 heavy (non-hydrogen) atoms. The van der Waals surface area contributed by atoms with Gasteiger partial charge < -0.3 is 10.4 Å². The van der Waals surface area contributed by atoms with Crippen molar-refractivity contribution in [1.82, 2.24) is 0 Å². The van der Waals surface area contributed by atoms with Gasteiger partial charge >= 0.3 is 0 Å². The Morgan fingerprint density at radius 1 is 1.47 bits per heavy atom. The molecule has 0 unspecified atom stereocenters. The molecule has 0 spiro atoms. The minimum Gasteiger partial charge on any atom is -0.395 e. The predicted molar refractivity (Wildman–Crippen MR) is 81.4 cm³/mol. The standard InChI is InChI=1S/C15H19NO2S/c1-12-11-13(5-3-4-9-17)6-7-14(12)16-15(18)8-10-19-2/h6-7,11,17H,4,8-10H2,1-2H3,(H,16,18). The van der Waals surface area contributed by atoms with Crippen molar-refractivity contribution in [1.29, 1.82) is 0 Å². The number of benzene rings is 1. The molecule has 0 bridgehead atoms. The molecule has 0 saturated carbocycles. The van der Waals surface area contributed by atoms with Crippen molar-refractivity contribution in [3.63, 3.8) is 0 Å². The summed E-state index contributed by atoms with van der Waals surface area (Å²) in [7, 11) is 0. The number of amides is 1. The maximum atomic E-state index is 11.6. The van der Waals surface area contributed by atoms with Crippen LogP contribution in [0.3, 0.4) is 0 Å². The second-order valence-corrected chi connectivity index (χ2v) is 5.08. The normalized spacial score (nSPS) is 9.63. The largest absolute Gasteiger partial charge is 0.395 e. The van der Waals surface area contributed by atoms with E-state index in [1.54, 1.807) is 11.8 Å². The molecule has 2 N–H and O–H groups in total. The Morgan fingerprint density at radius 3 is 2.89 bits per heavy atom. The van der Waals surface area contributed by atoms with Crippen molar-refractivity contribution in [2.75, 3.05) is 23.9 Å². The zero-order valence-corrected chi connectivity index (χ0v) is 12.1. The predicted octanol–water partition coefficient (Wildman–Crippen LogP) is 2.42. The maximum absolute atomic E-state index is 11.6. The molecule has 0 aliphatic heterocycles. The molecule has 0 radical (unpaired) electrons. The van der Waals surface area contributed by atoms with E-state index in [2.05, 4.69) is 17.2 Å². The van der Waals surface area contributed by atoms with E-state index < -0.39 is 0 Å². The molecule has 0 atom stereocenters. The number of aryl methyl sites for hydroxylation is 1. The second-order valence-electron chi connectivity index (χ2n) is 4.10. The highest BCUT2D eigenvalue weighted by atomic mass is 32.2. The van der Waals surface area contributed by atoms with Crippen LogP contribution in [-0.4, -0.2) is 29.6 Å². The van der Waals surface area contributed by atoms with Gasteiger partial charge in [0, 0.05) is 29.8 Å². The Balaban J connectivity index is 2.67. The van der Waals surface area contributed by atoms with Crippen molar-refractivity contribution in [3.05, 3.63) is 29.3 Å². The molecule has 102 valence electrons. The molecular weight excluding hydrogens is 258 g/mol. The number of nitrogens with one attached hydrogen (secondary N) is 1. The molecule has 1 aromatic rings. The van der Waals surface area contributed by atoms with E-state index in [0.717, 1.165) is 22.6 Å². The minimum atomic E-state index is 0.0385. The average Bonchev–Trinajstić information content (AvgIpc) is 2.40. The van der Waals surface area contributed by atoms with Crippen LogP contribution >= 0.6 is 11.8 Å². The lowest BCUT2D eigenvalue weighted by atomic mass is 10.1. The van der Waals surface area contributed by atoms with Crippen LogP contribution in [0.4, 0.5) is 5.69 Å². The summed E-state index contributed by atoms with van der Waals surface area (Å²) in [6.07, 6.45) is 2.99. The summed E-state index contributed by atoms with van der Waals surface area (Å²) in [5.74, 6) is 6.72. The van der Waals surface area contributed by atoms with Gasteiger partial charge in [-0.3, -0.25) is 4.79 Å². The van der Waals surface area contributed by atoms with Crippen molar-refractivity contribution >= 4 is 23.4 Å². The molecular formula is C15H19NO2S. The lowest BCUT2D eigenvalue weighted by Crippen LogP contribution is -2.13. The van der Waals surface area contributed by atoms with Crippen LogP contribution in [0.5, 0.6) is 0 Å². The van der Waals surface area contributed by atoms with E-state index in [4.69, 9.17) is 5.11 Å². The fraction of sp³-hybridized carbons (Fsp3) is 0.400. The first-order valence-corrected chi connectivity index (χ1v) is 7.56. The van der Waals surface area contributed by atoms with E-state index in [0.29, 0.717) is 12.8 Å². The number of aliphatic hydroxyl groups excluding tert-OH is 1. The average molecular weight is 277 g/mol. The summed E-state index contributed by atoms with van der Waals surface area (Å²) in [6, 6.07) is 5.69. The molecule has 0 aliphatic carbocycles. The van der Waals surface area contributed by atoms with E-state index in [-0.39, 0.29) is 12.5 Å². The summed E-state index contributed by atoms with van der Waals surface area (Å²) in [5, 5.41) is 11.6. The molecule has 0 heterocycles. The van der Waals surface area contributed by atoms with Crippen LogP contribution in [0, 0.1) is 18.8 Å². The monoisotopic (exact) mass is 277 g/mol. The van der Waals surface area contributed by atoms with Crippen molar-refractivity contribution in [3.8, 4) is 11.8 Å². The van der Waals surface area contributed by atoms with Gasteiger partial charge in [-0.1, -0.05) is 11.8 Å². The number of aliphatic hydroxyl groups is 1. The van der Waals surface area contributed by atoms with E-state index in [1.807, 2.05) is 31.4 Å². The molecule has 1 amide bonds. The third kappa shape index (κ3) is 5.82. The molecule has 0 fully saturated rings. The maximum Gasteiger partial charge on any atom is 0.225 e. The first kappa shape index (κ1) is 15.6. The van der Waals surface area contributed by atoms with Crippen LogP contribution < -0.4 is 5.32 Å². The highest BCUT2D eigenvalue weighted by molar-refractivity contribution is 7.98. The van der Waals surface area contributed by atoms with Gasteiger partial charge in [-0.25, -0.2) is 0 Å². The molecule has 0 saturated heterocycles. The van der Waals surface area contributed by atoms with Gasteiger partial charge in [-0.05, 0) is 36.9 Å². The highest BCUT2D eigenvalue weighted by Crippen LogP contribution is 2.16. The van der Waals surface area contributed by atoms with Gasteiger partial charge in [-0.15, -0.1) is 0 Å². The van der Waals surface area contributed by atoms with Crippen molar-refractivity contribution in [2.45, 2.75) is 19.8 Å². The highest BCUT2D eigenvalue weighted by Gasteiger charge is 2.04. The molecule has 4 heteroatoms. The number of anilines is 1. The Bertz CT molecular complexity index is 489. The molecule has 0 aliphatic rings. The number of hydrogen-bond acceptors (Lipinski definition) is 3. The Morgan fingerprint density at radius 2 is 2.26 bits per heavy atom. The van der Waals surface area contributed by atoms with Crippen LogP contribution in [0.2, 0.25) is 0 Å². The molecule has 1 rings (SSSR count). The number of carbonyl (C=O) groups excluding carboxylic acids is 1. The summed E-state index contributed by atoms with van der Waals surface area (Å²) >= 11 is 1.66. The number of thioether (sulfide) groups is 1. The molecule has 3 nitrogen and oxygen atoms in total. The number of rotatable bonds is 5. The summed E-state index contributed by atoms with van der Waals surface area (Å²) < 4.78 is 0. The van der Waals surface area contributed by atoms with E-state index in [9.17, 15) is 4.79 Å². The van der Waals surface area contributed by atoms with Gasteiger partial charge in [0.05, 0.1) is 6.61 Å². The fourth-order valence-corrected chi connectivity index (χ4v) is 1.90. The first-order chi connectivity index (χ1) is 9.17. The third-order valence-electron chi connectivity index (χ3n) is 2.50. The SMILES string of the molecule is CSCCC(=O)Nc1ccc(C#CCCO)cc1C. The van der Waals surface area contributed by atoms with Crippen LogP contribution in [0.25, 0.3) is 0 Å². The zero-order valence-electron chi connectivity index (χ0n) is 11.3. The summed E-state index contributed by atoms with van der Waals surface area (Å²) in [4.78, 5) is 11.6. The topological polar surface area (TPSA) is 49.3 Å². The number of carbonyl (C=O) groups is 1. The third-order valence-corrected chi connectivity index (χ3v) is 3.12. The zero-order chi connectivity index (χ0) is 14.1. The Labute approximate surface area is 118 Å². The quantitative estimate of drug-likeness (QED) is 0.813. The van der Waals surface area contributed by atoms with Gasteiger partial charge in [0.15, 0.2) is 0 Å². The Hall–Kier alpha value is -1.44. The van der Waals surface area contributed by atoms with Crippen molar-refractivity contribution < 1.29 is 9.90 Å². The van der Waals surface area contributed by atoms with Gasteiger partial charge in [0.25, 0.3) is 0 Å². The van der Waals surface area contributed by atoms with Gasteiger partial charge in [-0.2, -0.15) is 11.8 Å². The molecule has 1 aromatic carbocycles. The lowest BCUT2D eigenvalue weighted by molar-refractivity contribution is -0.115. The summed E-state index contributed by atoms with van der Waals surface area (Å²) in [6.45, 7) is 2.02. The van der Waals surface area contributed by atoms with Crippen LogP contribution in [0.15, 0.2) is 18.2 Å². The van der Waals surface area contributed by atoms with Gasteiger partial charge in [0.2, 0.25) is 5.91 Å². The van der Waals surface area contributed by atoms with Crippen LogP contribution in [-0.2, 0) is 4.79 Å². The van der Waals surface area contributed by atoms with Crippen molar-refractivity contribution in [2.24, 2.45) is 0 Å². The van der Waals surface area contributed by atoms with E-state index >= 15 is 0 Å². The van der Waals surface area contributed by atoms with E-state index in [1.165, 1.54) is 0 Å². The molecule has 0 aromatic heterocycles. The fourth-order valence-electron chi connectivity index (χ4n) is 1.51. The van der Waals surface area contributed by atoms with Gasteiger partial charge in [0.1, 0.15) is 0 Å². The first-order valence-electron chi connectivity index (χ1n) is 6.16. The Kier molecular flexibility index (Phi) is 7.09. The number of hydrogen-bond donors (Lipinski definition) is 2. The van der Waals surface area contributed by atoms with Crippen LogP contribution in [0.1, 0.15) is 24.0 Å². The lowest BCUT2D eigenvalue weighted by Gasteiger charge is -2.08. The minimum absolute atomic E-state index is 0.0385. The summed E-state index contributed by atoms with van der Waals surface area (Å²) in [5.41, 5.74) is 2.72.